The van der Waals surface area contributed by atoms with E-state index in [1.54, 1.807) is 31.4 Å². The molecule has 6 heteroatoms. The van der Waals surface area contributed by atoms with Gasteiger partial charge in [0.05, 0.1) is 12.0 Å². The SMILES string of the molecule is COc1cc(C)c(S(=O)(=O)NCc2ccc(-c3ccc(C)cc3)s2)c(C)c1C. The lowest BCUT2D eigenvalue weighted by atomic mass is 10.1. The summed E-state index contributed by atoms with van der Waals surface area (Å²) in [6, 6.07) is 14.1. The molecule has 148 valence electrons. The zero-order valence-corrected chi connectivity index (χ0v) is 18.4. The molecule has 0 spiro atoms. The number of aryl methyl sites for hydroxylation is 2. The first-order valence-corrected chi connectivity index (χ1v) is 11.3. The van der Waals surface area contributed by atoms with Gasteiger partial charge in [0.15, 0.2) is 0 Å². The van der Waals surface area contributed by atoms with Gasteiger partial charge in [-0.05, 0) is 68.1 Å². The van der Waals surface area contributed by atoms with Crippen LogP contribution in [0.4, 0.5) is 0 Å². The Kier molecular flexibility index (Phi) is 5.93. The quantitative estimate of drug-likeness (QED) is 0.607. The van der Waals surface area contributed by atoms with Crippen molar-refractivity contribution in [1.82, 2.24) is 4.72 Å². The number of nitrogens with one attached hydrogen (secondary N) is 1. The van der Waals surface area contributed by atoms with E-state index in [1.807, 2.05) is 26.0 Å². The molecule has 1 N–H and O–H groups in total. The van der Waals surface area contributed by atoms with Crippen molar-refractivity contribution in [3.8, 4) is 16.2 Å². The molecule has 0 aliphatic rings. The van der Waals surface area contributed by atoms with E-state index in [0.29, 0.717) is 16.2 Å². The van der Waals surface area contributed by atoms with Gasteiger partial charge in [0.2, 0.25) is 10.0 Å². The standard InChI is InChI=1S/C22H25NO3S2/c1-14-6-8-18(9-7-14)21-11-10-19(27-21)13-23-28(24,25)22-15(2)12-20(26-5)16(3)17(22)4/h6-12,23H,13H2,1-5H3. The normalized spacial score (nSPS) is 11.6. The van der Waals surface area contributed by atoms with Crippen molar-refractivity contribution in [2.75, 3.05) is 7.11 Å². The molecule has 0 atom stereocenters. The highest BCUT2D eigenvalue weighted by molar-refractivity contribution is 7.89. The third-order valence-corrected chi connectivity index (χ3v) is 7.73. The Hall–Kier alpha value is -2.15. The molecule has 1 aromatic heterocycles. The molecule has 1 heterocycles. The Labute approximate surface area is 171 Å². The van der Waals surface area contributed by atoms with E-state index in [2.05, 4.69) is 35.9 Å². The van der Waals surface area contributed by atoms with Gasteiger partial charge < -0.3 is 4.74 Å². The van der Waals surface area contributed by atoms with Crippen LogP contribution >= 0.6 is 11.3 Å². The van der Waals surface area contributed by atoms with Gasteiger partial charge in [-0.15, -0.1) is 11.3 Å². The molecule has 0 fully saturated rings. The molecule has 0 amide bonds. The van der Waals surface area contributed by atoms with E-state index in [4.69, 9.17) is 4.74 Å². The molecule has 0 aliphatic heterocycles. The predicted molar refractivity (Wildman–Crippen MR) is 116 cm³/mol. The summed E-state index contributed by atoms with van der Waals surface area (Å²) in [6.45, 7) is 7.82. The minimum absolute atomic E-state index is 0.267. The van der Waals surface area contributed by atoms with Gasteiger partial charge in [0, 0.05) is 16.3 Å². The van der Waals surface area contributed by atoms with Crippen molar-refractivity contribution in [1.29, 1.82) is 0 Å². The monoisotopic (exact) mass is 415 g/mol. The number of methoxy groups -OCH3 is 1. The second-order valence-corrected chi connectivity index (χ2v) is 9.80. The third kappa shape index (κ3) is 4.14. The van der Waals surface area contributed by atoms with E-state index in [-0.39, 0.29) is 6.54 Å². The summed E-state index contributed by atoms with van der Waals surface area (Å²) in [6.07, 6.45) is 0. The highest BCUT2D eigenvalue weighted by atomic mass is 32.2. The molecule has 0 saturated heterocycles. The molecule has 0 radical (unpaired) electrons. The number of rotatable bonds is 6. The lowest BCUT2D eigenvalue weighted by Gasteiger charge is -2.16. The van der Waals surface area contributed by atoms with Gasteiger partial charge in [0.1, 0.15) is 5.75 Å². The topological polar surface area (TPSA) is 55.4 Å². The van der Waals surface area contributed by atoms with Crippen LogP contribution in [0.15, 0.2) is 47.4 Å². The number of thiophene rings is 1. The Balaban J connectivity index is 1.81. The maximum absolute atomic E-state index is 13.0. The predicted octanol–water partition coefficient (Wildman–Crippen LogP) is 5.14. The molecule has 0 aliphatic carbocycles. The minimum Gasteiger partial charge on any atom is -0.496 e. The Morgan fingerprint density at radius 2 is 1.64 bits per heavy atom. The molecule has 3 rings (SSSR count). The fraction of sp³-hybridized carbons (Fsp3) is 0.273. The van der Waals surface area contributed by atoms with Crippen molar-refractivity contribution in [2.24, 2.45) is 0 Å². The van der Waals surface area contributed by atoms with Crippen LogP contribution in [-0.4, -0.2) is 15.5 Å². The number of hydrogen-bond acceptors (Lipinski definition) is 4. The lowest BCUT2D eigenvalue weighted by Crippen LogP contribution is -2.24. The van der Waals surface area contributed by atoms with Crippen LogP contribution in [0.1, 0.15) is 27.1 Å². The van der Waals surface area contributed by atoms with Crippen molar-refractivity contribution >= 4 is 21.4 Å². The van der Waals surface area contributed by atoms with Gasteiger partial charge in [-0.1, -0.05) is 29.8 Å². The highest BCUT2D eigenvalue weighted by Crippen LogP contribution is 2.31. The highest BCUT2D eigenvalue weighted by Gasteiger charge is 2.22. The molecule has 0 unspecified atom stereocenters. The van der Waals surface area contributed by atoms with E-state index < -0.39 is 10.0 Å². The van der Waals surface area contributed by atoms with Crippen molar-refractivity contribution in [3.63, 3.8) is 0 Å². The molecule has 3 aromatic rings. The van der Waals surface area contributed by atoms with Crippen LogP contribution in [0, 0.1) is 27.7 Å². The molecular weight excluding hydrogens is 390 g/mol. The second-order valence-electron chi connectivity index (χ2n) is 6.93. The first-order valence-electron chi connectivity index (χ1n) is 9.03. The summed E-state index contributed by atoms with van der Waals surface area (Å²) >= 11 is 1.60. The number of sulfonamides is 1. The molecule has 2 aromatic carbocycles. The van der Waals surface area contributed by atoms with Gasteiger partial charge in [-0.3, -0.25) is 0 Å². The third-order valence-electron chi connectivity index (χ3n) is 4.90. The van der Waals surface area contributed by atoms with Crippen LogP contribution in [0.5, 0.6) is 5.75 Å². The van der Waals surface area contributed by atoms with Gasteiger partial charge in [0.25, 0.3) is 0 Å². The summed E-state index contributed by atoms with van der Waals surface area (Å²) in [5.41, 5.74) is 4.59. The van der Waals surface area contributed by atoms with Crippen LogP contribution in [-0.2, 0) is 16.6 Å². The summed E-state index contributed by atoms with van der Waals surface area (Å²) in [5.74, 6) is 0.704. The largest absolute Gasteiger partial charge is 0.496 e. The molecule has 0 bridgehead atoms. The van der Waals surface area contributed by atoms with Crippen LogP contribution < -0.4 is 9.46 Å². The first kappa shape index (κ1) is 20.6. The van der Waals surface area contributed by atoms with Crippen LogP contribution in [0.25, 0.3) is 10.4 Å². The maximum Gasteiger partial charge on any atom is 0.241 e. The van der Waals surface area contributed by atoms with E-state index in [9.17, 15) is 8.42 Å². The molecular formula is C22H25NO3S2. The zero-order valence-electron chi connectivity index (χ0n) is 16.8. The number of benzene rings is 2. The average molecular weight is 416 g/mol. The maximum atomic E-state index is 13.0. The van der Waals surface area contributed by atoms with Crippen molar-refractivity contribution in [3.05, 3.63) is 69.6 Å². The van der Waals surface area contributed by atoms with Gasteiger partial charge in [-0.2, -0.15) is 0 Å². The number of hydrogen-bond donors (Lipinski definition) is 1. The van der Waals surface area contributed by atoms with E-state index >= 15 is 0 Å². The smallest absolute Gasteiger partial charge is 0.241 e. The summed E-state index contributed by atoms with van der Waals surface area (Å²) in [7, 11) is -2.03. The Morgan fingerprint density at radius 3 is 2.29 bits per heavy atom. The van der Waals surface area contributed by atoms with Crippen molar-refractivity contribution in [2.45, 2.75) is 39.1 Å². The molecule has 0 saturated carbocycles. The molecule has 28 heavy (non-hydrogen) atoms. The fourth-order valence-corrected chi connectivity index (χ4v) is 5.80. The average Bonchev–Trinajstić information content (AvgIpc) is 3.12. The van der Waals surface area contributed by atoms with Gasteiger partial charge in [-0.25, -0.2) is 13.1 Å². The summed E-state index contributed by atoms with van der Waals surface area (Å²) in [4.78, 5) is 2.43. The zero-order chi connectivity index (χ0) is 20.5. The van der Waals surface area contributed by atoms with Gasteiger partial charge >= 0.3 is 0 Å². The van der Waals surface area contributed by atoms with Crippen LogP contribution in [0.2, 0.25) is 0 Å². The first-order chi connectivity index (χ1) is 13.2. The minimum atomic E-state index is -3.63. The number of ether oxygens (including phenoxy) is 1. The summed E-state index contributed by atoms with van der Waals surface area (Å²) in [5, 5.41) is 0. The Morgan fingerprint density at radius 1 is 0.964 bits per heavy atom. The fourth-order valence-electron chi connectivity index (χ4n) is 3.23. The van der Waals surface area contributed by atoms with E-state index in [1.165, 1.54) is 5.56 Å². The van der Waals surface area contributed by atoms with Crippen molar-refractivity contribution < 1.29 is 13.2 Å². The van der Waals surface area contributed by atoms with Crippen LogP contribution in [0.3, 0.4) is 0 Å². The summed E-state index contributed by atoms with van der Waals surface area (Å²) < 4.78 is 34.0. The molecule has 4 nitrogen and oxygen atoms in total. The van der Waals surface area contributed by atoms with E-state index in [0.717, 1.165) is 26.4 Å². The lowest BCUT2D eigenvalue weighted by molar-refractivity contribution is 0.410. The Bertz CT molecular complexity index is 1100. The second kappa shape index (κ2) is 8.07.